The topological polar surface area (TPSA) is 26.3 Å². The minimum atomic E-state index is -0.0306. The third-order valence-electron chi connectivity index (χ3n) is 9.94. The minimum Gasteiger partial charge on any atom is -0.469 e. The van der Waals surface area contributed by atoms with Crippen molar-refractivity contribution in [1.82, 2.24) is 0 Å². The van der Waals surface area contributed by atoms with Gasteiger partial charge in [0.25, 0.3) is 0 Å². The molecule has 26 heavy (non-hydrogen) atoms. The first kappa shape index (κ1) is 18.8. The molecule has 0 saturated heterocycles. The highest BCUT2D eigenvalue weighted by molar-refractivity contribution is 5.68. The molecule has 148 valence electrons. The lowest BCUT2D eigenvalue weighted by Crippen LogP contribution is -2.52. The van der Waals surface area contributed by atoms with Gasteiger partial charge in [0.05, 0.1) is 7.11 Å². The molecule has 0 spiro atoms. The highest BCUT2D eigenvalue weighted by atomic mass is 16.5. The highest BCUT2D eigenvalue weighted by Gasteiger charge is 2.59. The van der Waals surface area contributed by atoms with Gasteiger partial charge < -0.3 is 4.74 Å². The molecule has 4 saturated carbocycles. The van der Waals surface area contributed by atoms with E-state index in [2.05, 4.69) is 13.8 Å². The lowest BCUT2D eigenvalue weighted by molar-refractivity contribution is -0.140. The van der Waals surface area contributed by atoms with E-state index in [1.54, 1.807) is 0 Å². The minimum absolute atomic E-state index is 0.0306. The molecule has 0 heterocycles. The second kappa shape index (κ2) is 7.13. The van der Waals surface area contributed by atoms with Gasteiger partial charge in [-0.05, 0) is 105 Å². The van der Waals surface area contributed by atoms with Crippen LogP contribution in [0.3, 0.4) is 0 Å². The number of carbonyl (C=O) groups excluding carboxylic acids is 1. The van der Waals surface area contributed by atoms with Crippen LogP contribution in [0.2, 0.25) is 0 Å². The molecule has 0 radical (unpaired) electrons. The van der Waals surface area contributed by atoms with Crippen molar-refractivity contribution in [1.29, 1.82) is 0 Å². The molecule has 0 aromatic carbocycles. The molecule has 2 heteroatoms. The standard InChI is InChI=1S/C24H40O2/c1-23-15-5-4-7-17(23)10-12-19-20-13-11-18(8-6-9-22(25)26-3)24(20,2)16-14-21(19)23/h17-21H,4-16H2,1-3H3/t17?,18?,19-,20?,21?,23?,24+/m0/s1. The Morgan fingerprint density at radius 1 is 0.923 bits per heavy atom. The summed E-state index contributed by atoms with van der Waals surface area (Å²) in [6.07, 6.45) is 17.7. The largest absolute Gasteiger partial charge is 0.469 e. The zero-order valence-electron chi connectivity index (χ0n) is 17.4. The Kier molecular flexibility index (Phi) is 5.16. The Morgan fingerprint density at radius 2 is 1.73 bits per heavy atom. The predicted octanol–water partition coefficient (Wildman–Crippen LogP) is 6.38. The van der Waals surface area contributed by atoms with E-state index < -0.39 is 0 Å². The van der Waals surface area contributed by atoms with Crippen molar-refractivity contribution in [3.8, 4) is 0 Å². The zero-order valence-corrected chi connectivity index (χ0v) is 17.4. The van der Waals surface area contributed by atoms with E-state index in [1.165, 1.54) is 77.7 Å². The van der Waals surface area contributed by atoms with Crippen LogP contribution in [-0.2, 0) is 9.53 Å². The Labute approximate surface area is 160 Å². The molecule has 0 amide bonds. The quantitative estimate of drug-likeness (QED) is 0.544. The summed E-state index contributed by atoms with van der Waals surface area (Å²) in [5, 5.41) is 0. The van der Waals surface area contributed by atoms with Gasteiger partial charge in [-0.15, -0.1) is 0 Å². The van der Waals surface area contributed by atoms with Crippen LogP contribution in [0.5, 0.6) is 0 Å². The van der Waals surface area contributed by atoms with E-state index in [-0.39, 0.29) is 5.97 Å². The van der Waals surface area contributed by atoms with Crippen molar-refractivity contribution in [2.45, 2.75) is 97.3 Å². The van der Waals surface area contributed by atoms with Crippen LogP contribution in [0.15, 0.2) is 0 Å². The summed E-state index contributed by atoms with van der Waals surface area (Å²) in [4.78, 5) is 11.5. The third kappa shape index (κ3) is 2.94. The van der Waals surface area contributed by atoms with Gasteiger partial charge in [-0.3, -0.25) is 4.79 Å². The van der Waals surface area contributed by atoms with Crippen LogP contribution < -0.4 is 0 Å². The fourth-order valence-corrected chi connectivity index (χ4v) is 8.47. The van der Waals surface area contributed by atoms with Gasteiger partial charge in [-0.1, -0.05) is 26.7 Å². The molecule has 0 bridgehead atoms. The van der Waals surface area contributed by atoms with Gasteiger partial charge in [-0.2, -0.15) is 0 Å². The van der Waals surface area contributed by atoms with Crippen molar-refractivity contribution < 1.29 is 9.53 Å². The van der Waals surface area contributed by atoms with E-state index in [0.29, 0.717) is 17.3 Å². The Hall–Kier alpha value is -0.530. The average Bonchev–Trinajstić information content (AvgIpc) is 2.97. The average molecular weight is 361 g/mol. The molecule has 4 fully saturated rings. The third-order valence-corrected chi connectivity index (χ3v) is 9.94. The number of carbonyl (C=O) groups is 1. The molecular weight excluding hydrogens is 320 g/mol. The summed E-state index contributed by atoms with van der Waals surface area (Å²) in [6, 6.07) is 0. The number of hydrogen-bond acceptors (Lipinski definition) is 2. The molecule has 0 N–H and O–H groups in total. The number of hydrogen-bond donors (Lipinski definition) is 0. The Bertz CT molecular complexity index is 528. The van der Waals surface area contributed by atoms with Crippen LogP contribution in [0.4, 0.5) is 0 Å². The second-order valence-corrected chi connectivity index (χ2v) is 10.7. The van der Waals surface area contributed by atoms with Crippen molar-refractivity contribution >= 4 is 5.97 Å². The van der Waals surface area contributed by atoms with Gasteiger partial charge in [-0.25, -0.2) is 0 Å². The van der Waals surface area contributed by atoms with E-state index in [1.807, 2.05) is 0 Å². The summed E-state index contributed by atoms with van der Waals surface area (Å²) < 4.78 is 4.84. The monoisotopic (exact) mass is 360 g/mol. The maximum absolute atomic E-state index is 11.5. The SMILES string of the molecule is COC(=O)CCCC1CCC2[C@@H]3CCC4CCCCC4(C)C3CC[C@]12C. The van der Waals surface area contributed by atoms with Gasteiger partial charge in [0.2, 0.25) is 0 Å². The summed E-state index contributed by atoms with van der Waals surface area (Å²) in [5.74, 6) is 4.81. The van der Waals surface area contributed by atoms with E-state index in [0.717, 1.165) is 36.0 Å². The summed E-state index contributed by atoms with van der Waals surface area (Å²) >= 11 is 0. The number of esters is 1. The smallest absolute Gasteiger partial charge is 0.305 e. The van der Waals surface area contributed by atoms with Crippen LogP contribution in [0.1, 0.15) is 97.3 Å². The van der Waals surface area contributed by atoms with Gasteiger partial charge >= 0.3 is 5.97 Å². The first-order valence-electron chi connectivity index (χ1n) is 11.6. The van der Waals surface area contributed by atoms with Gasteiger partial charge in [0.15, 0.2) is 0 Å². The molecule has 4 rings (SSSR count). The Morgan fingerprint density at radius 3 is 2.54 bits per heavy atom. The number of ether oxygens (including phenoxy) is 1. The van der Waals surface area contributed by atoms with E-state index >= 15 is 0 Å². The molecular formula is C24H40O2. The molecule has 4 aliphatic carbocycles. The normalized spacial score (nSPS) is 47.6. The molecule has 0 aromatic rings. The predicted molar refractivity (Wildman–Crippen MR) is 106 cm³/mol. The Balaban J connectivity index is 1.45. The van der Waals surface area contributed by atoms with Crippen molar-refractivity contribution in [2.75, 3.05) is 7.11 Å². The number of fused-ring (bicyclic) bond motifs is 5. The number of methoxy groups -OCH3 is 1. The van der Waals surface area contributed by atoms with E-state index in [9.17, 15) is 4.79 Å². The van der Waals surface area contributed by atoms with Crippen molar-refractivity contribution in [2.24, 2.45) is 40.4 Å². The second-order valence-electron chi connectivity index (χ2n) is 10.7. The van der Waals surface area contributed by atoms with Gasteiger partial charge in [0, 0.05) is 6.42 Å². The lowest BCUT2D eigenvalue weighted by Gasteiger charge is -2.60. The summed E-state index contributed by atoms with van der Waals surface area (Å²) in [7, 11) is 1.51. The summed E-state index contributed by atoms with van der Waals surface area (Å²) in [6.45, 7) is 5.30. The molecule has 0 aliphatic heterocycles. The van der Waals surface area contributed by atoms with Crippen LogP contribution in [0.25, 0.3) is 0 Å². The maximum Gasteiger partial charge on any atom is 0.305 e. The van der Waals surface area contributed by atoms with Crippen LogP contribution in [-0.4, -0.2) is 13.1 Å². The first-order valence-corrected chi connectivity index (χ1v) is 11.6. The maximum atomic E-state index is 11.5. The highest BCUT2D eigenvalue weighted by Crippen LogP contribution is 2.67. The van der Waals surface area contributed by atoms with E-state index in [4.69, 9.17) is 4.74 Å². The first-order chi connectivity index (χ1) is 12.5. The van der Waals surface area contributed by atoms with Crippen LogP contribution >= 0.6 is 0 Å². The van der Waals surface area contributed by atoms with Crippen molar-refractivity contribution in [3.63, 3.8) is 0 Å². The van der Waals surface area contributed by atoms with Crippen LogP contribution in [0, 0.1) is 40.4 Å². The molecule has 0 aromatic heterocycles. The molecule has 4 aliphatic rings. The fraction of sp³-hybridized carbons (Fsp3) is 0.958. The molecule has 2 nitrogen and oxygen atoms in total. The summed E-state index contributed by atoms with van der Waals surface area (Å²) in [5.41, 5.74) is 1.21. The molecule has 7 atom stereocenters. The zero-order chi connectivity index (χ0) is 18.4. The fourth-order valence-electron chi connectivity index (χ4n) is 8.47. The van der Waals surface area contributed by atoms with Crippen molar-refractivity contribution in [3.05, 3.63) is 0 Å². The number of rotatable bonds is 4. The molecule has 5 unspecified atom stereocenters. The van der Waals surface area contributed by atoms with Gasteiger partial charge in [0.1, 0.15) is 0 Å². The lowest BCUT2D eigenvalue weighted by atomic mass is 9.45.